The van der Waals surface area contributed by atoms with Gasteiger partial charge >= 0.3 is 5.97 Å². The monoisotopic (exact) mass is 288 g/mol. The fourth-order valence-corrected chi connectivity index (χ4v) is 1.98. The Morgan fingerprint density at radius 1 is 1.20 bits per heavy atom. The molecule has 1 aromatic carbocycles. The van der Waals surface area contributed by atoms with Crippen LogP contribution in [0.3, 0.4) is 0 Å². The number of carboxylic acids is 1. The minimum atomic E-state index is -1.10. The first kappa shape index (κ1) is 12.5. The number of pyridine rings is 1. The lowest BCUT2D eigenvalue weighted by atomic mass is 10.3. The van der Waals surface area contributed by atoms with Crippen molar-refractivity contribution in [2.24, 2.45) is 0 Å². The molecule has 100 valence electrons. The lowest BCUT2D eigenvalue weighted by Gasteiger charge is -2.03. The molecule has 0 aliphatic heterocycles. The summed E-state index contributed by atoms with van der Waals surface area (Å²) in [5, 5.41) is 9.89. The van der Waals surface area contributed by atoms with Crippen LogP contribution in [0.1, 0.15) is 10.5 Å². The maximum atomic E-state index is 11.4. The molecule has 20 heavy (non-hydrogen) atoms. The number of hydrogen-bond donors (Lipinski definition) is 1. The number of aromatic nitrogens is 2. The van der Waals surface area contributed by atoms with Crippen molar-refractivity contribution in [3.05, 3.63) is 59.4 Å². The van der Waals surface area contributed by atoms with Crippen LogP contribution < -0.4 is 4.74 Å². The van der Waals surface area contributed by atoms with Crippen LogP contribution >= 0.6 is 11.6 Å². The van der Waals surface area contributed by atoms with E-state index in [1.807, 2.05) is 0 Å². The summed E-state index contributed by atoms with van der Waals surface area (Å²) >= 11 is 5.79. The van der Waals surface area contributed by atoms with E-state index in [4.69, 9.17) is 16.3 Å². The number of imidazole rings is 1. The second-order valence-corrected chi connectivity index (χ2v) is 4.49. The van der Waals surface area contributed by atoms with E-state index >= 15 is 0 Å². The van der Waals surface area contributed by atoms with Gasteiger partial charge in [0.2, 0.25) is 0 Å². The Labute approximate surface area is 119 Å². The molecule has 3 rings (SSSR count). The third-order valence-corrected chi connectivity index (χ3v) is 2.98. The number of aromatic carboxylic acids is 1. The molecule has 0 atom stereocenters. The van der Waals surface area contributed by atoms with E-state index in [2.05, 4.69) is 4.98 Å². The summed E-state index contributed by atoms with van der Waals surface area (Å²) in [6.45, 7) is 0. The van der Waals surface area contributed by atoms with Crippen LogP contribution in [0, 0.1) is 0 Å². The molecule has 0 unspecified atom stereocenters. The predicted molar refractivity (Wildman–Crippen MR) is 73.7 cm³/mol. The van der Waals surface area contributed by atoms with Gasteiger partial charge in [0.25, 0.3) is 5.88 Å². The molecular weight excluding hydrogens is 280 g/mol. The molecule has 0 spiro atoms. The van der Waals surface area contributed by atoms with Gasteiger partial charge in [-0.3, -0.25) is 4.40 Å². The fraction of sp³-hybridized carbons (Fsp3) is 0. The number of halogens is 1. The molecule has 2 heterocycles. The van der Waals surface area contributed by atoms with Crippen LogP contribution in [0.2, 0.25) is 5.02 Å². The summed E-state index contributed by atoms with van der Waals surface area (Å²) in [6, 6.07) is 11.8. The quantitative estimate of drug-likeness (QED) is 0.801. The minimum Gasteiger partial charge on any atom is -0.476 e. The third kappa shape index (κ3) is 2.19. The maximum absolute atomic E-state index is 11.4. The molecule has 1 N–H and O–H groups in total. The van der Waals surface area contributed by atoms with Crippen molar-refractivity contribution in [1.82, 2.24) is 9.38 Å². The number of fused-ring (bicyclic) bond motifs is 1. The molecule has 0 amide bonds. The first-order chi connectivity index (χ1) is 9.65. The second kappa shape index (κ2) is 4.86. The average Bonchev–Trinajstić information content (AvgIpc) is 2.79. The molecule has 3 aromatic rings. The number of benzene rings is 1. The molecule has 0 aliphatic carbocycles. The van der Waals surface area contributed by atoms with E-state index in [-0.39, 0.29) is 11.6 Å². The van der Waals surface area contributed by atoms with Gasteiger partial charge in [0.1, 0.15) is 11.4 Å². The van der Waals surface area contributed by atoms with Crippen molar-refractivity contribution in [2.45, 2.75) is 0 Å². The Bertz CT molecular complexity index is 781. The molecule has 5 nitrogen and oxygen atoms in total. The van der Waals surface area contributed by atoms with Crippen molar-refractivity contribution in [3.8, 4) is 11.6 Å². The van der Waals surface area contributed by atoms with Gasteiger partial charge in [-0.1, -0.05) is 17.7 Å². The molecule has 0 bridgehead atoms. The smallest absolute Gasteiger partial charge is 0.358 e. The molecule has 0 saturated heterocycles. The van der Waals surface area contributed by atoms with Crippen molar-refractivity contribution < 1.29 is 14.6 Å². The van der Waals surface area contributed by atoms with E-state index in [0.717, 1.165) is 0 Å². The van der Waals surface area contributed by atoms with Gasteiger partial charge in [0.15, 0.2) is 5.69 Å². The predicted octanol–water partition coefficient (Wildman–Crippen LogP) is 3.48. The van der Waals surface area contributed by atoms with Crippen molar-refractivity contribution in [3.63, 3.8) is 0 Å². The minimum absolute atomic E-state index is 0.0180. The van der Waals surface area contributed by atoms with Crippen LogP contribution in [0.25, 0.3) is 5.65 Å². The van der Waals surface area contributed by atoms with Gasteiger partial charge in [-0.2, -0.15) is 4.98 Å². The Morgan fingerprint density at radius 3 is 2.65 bits per heavy atom. The Hall–Kier alpha value is -2.53. The largest absolute Gasteiger partial charge is 0.476 e. The Kier molecular flexibility index (Phi) is 3.04. The molecule has 0 radical (unpaired) electrons. The summed E-state index contributed by atoms with van der Waals surface area (Å²) in [7, 11) is 0. The fourth-order valence-electron chi connectivity index (χ4n) is 1.85. The normalized spacial score (nSPS) is 10.7. The maximum Gasteiger partial charge on any atom is 0.358 e. The zero-order valence-electron chi connectivity index (χ0n) is 10.2. The number of nitrogens with zero attached hydrogens (tertiary/aromatic N) is 2. The summed E-state index contributed by atoms with van der Waals surface area (Å²) < 4.78 is 7.01. The van der Waals surface area contributed by atoms with Crippen LogP contribution in [-0.2, 0) is 0 Å². The molecular formula is C14H9ClN2O3. The number of ether oxygens (including phenoxy) is 1. The van der Waals surface area contributed by atoms with Gasteiger partial charge < -0.3 is 9.84 Å². The Morgan fingerprint density at radius 2 is 1.95 bits per heavy atom. The van der Waals surface area contributed by atoms with Crippen LogP contribution in [-0.4, -0.2) is 20.5 Å². The van der Waals surface area contributed by atoms with Gasteiger partial charge in [-0.05, 0) is 36.4 Å². The zero-order valence-corrected chi connectivity index (χ0v) is 10.9. The molecule has 0 aliphatic rings. The van der Waals surface area contributed by atoms with E-state index in [1.165, 1.54) is 4.40 Å². The highest BCUT2D eigenvalue weighted by atomic mass is 35.5. The van der Waals surface area contributed by atoms with Crippen molar-refractivity contribution >= 4 is 23.2 Å². The highest BCUT2D eigenvalue weighted by molar-refractivity contribution is 6.30. The number of carboxylic acid groups (broad SMARTS) is 1. The lowest BCUT2D eigenvalue weighted by Crippen LogP contribution is -2.03. The molecule has 0 fully saturated rings. The van der Waals surface area contributed by atoms with Crippen molar-refractivity contribution in [2.75, 3.05) is 0 Å². The van der Waals surface area contributed by atoms with Crippen molar-refractivity contribution in [1.29, 1.82) is 0 Å². The summed E-state index contributed by atoms with van der Waals surface area (Å²) in [4.78, 5) is 15.6. The highest BCUT2D eigenvalue weighted by Gasteiger charge is 2.20. The molecule has 2 aromatic heterocycles. The Balaban J connectivity index is 2.08. The van der Waals surface area contributed by atoms with Gasteiger partial charge in [-0.25, -0.2) is 4.79 Å². The zero-order chi connectivity index (χ0) is 14.1. The van der Waals surface area contributed by atoms with Crippen LogP contribution in [0.15, 0.2) is 48.7 Å². The standard InChI is InChI=1S/C14H9ClN2O3/c15-9-4-6-10(7-5-9)20-13-12(14(18)19)17-8-2-1-3-11(17)16-13/h1-8H,(H,18,19). The number of rotatable bonds is 3. The first-order valence-electron chi connectivity index (χ1n) is 5.79. The topological polar surface area (TPSA) is 63.8 Å². The van der Waals surface area contributed by atoms with E-state index in [9.17, 15) is 9.90 Å². The van der Waals surface area contributed by atoms with Gasteiger partial charge in [0, 0.05) is 11.2 Å². The van der Waals surface area contributed by atoms with Gasteiger partial charge in [0.05, 0.1) is 0 Å². The van der Waals surface area contributed by atoms with Crippen LogP contribution in [0.5, 0.6) is 11.6 Å². The number of hydrogen-bond acceptors (Lipinski definition) is 3. The van der Waals surface area contributed by atoms with E-state index in [0.29, 0.717) is 16.4 Å². The van der Waals surface area contributed by atoms with E-state index < -0.39 is 5.97 Å². The molecule has 6 heteroatoms. The summed E-state index contributed by atoms with van der Waals surface area (Å²) in [6.07, 6.45) is 1.63. The molecule has 0 saturated carbocycles. The van der Waals surface area contributed by atoms with Crippen LogP contribution in [0.4, 0.5) is 0 Å². The third-order valence-electron chi connectivity index (χ3n) is 2.73. The first-order valence-corrected chi connectivity index (χ1v) is 6.17. The van der Waals surface area contributed by atoms with E-state index in [1.54, 1.807) is 48.7 Å². The average molecular weight is 289 g/mol. The highest BCUT2D eigenvalue weighted by Crippen LogP contribution is 2.26. The van der Waals surface area contributed by atoms with Gasteiger partial charge in [-0.15, -0.1) is 0 Å². The number of carbonyl (C=O) groups is 1. The summed E-state index contributed by atoms with van der Waals surface area (Å²) in [5.41, 5.74) is 0.490. The SMILES string of the molecule is O=C(O)c1c(Oc2ccc(Cl)cc2)nc2ccccn12. The summed E-state index contributed by atoms with van der Waals surface area (Å²) in [5.74, 6) is -0.584. The lowest BCUT2D eigenvalue weighted by molar-refractivity contribution is 0.0686. The second-order valence-electron chi connectivity index (χ2n) is 4.06.